The molecule has 0 heterocycles. The predicted molar refractivity (Wildman–Crippen MR) is 71.3 cm³/mol. The van der Waals surface area contributed by atoms with Gasteiger partial charge in [-0.3, -0.25) is 0 Å². The van der Waals surface area contributed by atoms with Gasteiger partial charge in [-0.05, 0) is 47.0 Å². The average molecular weight is 338 g/mol. The lowest BCUT2D eigenvalue weighted by Gasteiger charge is -2.24. The maximum absolute atomic E-state index is 12.1. The van der Waals surface area contributed by atoms with Crippen molar-refractivity contribution in [3.05, 3.63) is 22.7 Å². The first-order chi connectivity index (χ1) is 8.94. The van der Waals surface area contributed by atoms with Crippen molar-refractivity contribution in [3.8, 4) is 5.75 Å². The third-order valence-corrected chi connectivity index (χ3v) is 3.80. The monoisotopic (exact) mass is 337 g/mol. The molecule has 0 spiro atoms. The highest BCUT2D eigenvalue weighted by Gasteiger charge is 2.31. The first-order valence-electron chi connectivity index (χ1n) is 6.26. The summed E-state index contributed by atoms with van der Waals surface area (Å²) in [7, 11) is 0. The maximum Gasteiger partial charge on any atom is 0.573 e. The largest absolute Gasteiger partial charge is 0.573 e. The zero-order valence-electron chi connectivity index (χ0n) is 10.3. The fraction of sp³-hybridized carbons (Fsp3) is 0.538. The molecule has 1 aliphatic rings. The summed E-state index contributed by atoms with van der Waals surface area (Å²) in [6.45, 7) is 0. The summed E-state index contributed by atoms with van der Waals surface area (Å²) in [6, 6.07) is 4.67. The van der Waals surface area contributed by atoms with E-state index < -0.39 is 6.36 Å². The van der Waals surface area contributed by atoms with Gasteiger partial charge in [0.2, 0.25) is 0 Å². The Bertz CT molecular complexity index is 430. The van der Waals surface area contributed by atoms with E-state index in [-0.39, 0.29) is 5.75 Å². The van der Waals surface area contributed by atoms with Gasteiger partial charge in [-0.2, -0.15) is 0 Å². The van der Waals surface area contributed by atoms with E-state index in [9.17, 15) is 13.2 Å². The van der Waals surface area contributed by atoms with Crippen LogP contribution in [0.25, 0.3) is 0 Å². The minimum absolute atomic E-state index is 0.214. The first kappa shape index (κ1) is 14.5. The van der Waals surface area contributed by atoms with Crippen LogP contribution in [0.5, 0.6) is 5.75 Å². The molecule has 0 bridgehead atoms. The van der Waals surface area contributed by atoms with Crippen molar-refractivity contribution in [1.82, 2.24) is 0 Å². The molecule has 2 rings (SSSR count). The van der Waals surface area contributed by atoms with Crippen LogP contribution in [0.3, 0.4) is 0 Å². The van der Waals surface area contributed by atoms with E-state index in [4.69, 9.17) is 0 Å². The number of alkyl halides is 3. The molecule has 6 heteroatoms. The molecule has 0 aromatic heterocycles. The molecule has 1 saturated carbocycles. The molecule has 0 amide bonds. The van der Waals surface area contributed by atoms with Crippen molar-refractivity contribution in [3.63, 3.8) is 0 Å². The number of hydrogen-bond acceptors (Lipinski definition) is 2. The van der Waals surface area contributed by atoms with E-state index in [1.165, 1.54) is 31.4 Å². The van der Waals surface area contributed by atoms with Gasteiger partial charge in [0.1, 0.15) is 5.75 Å². The molecule has 106 valence electrons. The molecule has 1 aromatic carbocycles. The molecule has 0 radical (unpaired) electrons. The van der Waals surface area contributed by atoms with Crippen molar-refractivity contribution in [2.24, 2.45) is 0 Å². The lowest BCUT2D eigenvalue weighted by Crippen LogP contribution is -2.22. The third-order valence-electron chi connectivity index (χ3n) is 3.14. The summed E-state index contributed by atoms with van der Waals surface area (Å²) in [4.78, 5) is 0. The van der Waals surface area contributed by atoms with Gasteiger partial charge < -0.3 is 10.1 Å². The molecule has 0 atom stereocenters. The molecule has 0 saturated heterocycles. The van der Waals surface area contributed by atoms with Gasteiger partial charge in [0.15, 0.2) is 0 Å². The van der Waals surface area contributed by atoms with Gasteiger partial charge in [-0.15, -0.1) is 13.2 Å². The normalized spacial score (nSPS) is 17.3. The highest BCUT2D eigenvalue weighted by atomic mass is 79.9. The zero-order chi connectivity index (χ0) is 13.9. The number of benzene rings is 1. The van der Waals surface area contributed by atoms with Crippen LogP contribution in [0.15, 0.2) is 22.7 Å². The summed E-state index contributed by atoms with van der Waals surface area (Å²) in [6.07, 6.45) is 1.21. The Balaban J connectivity index is 2.02. The SMILES string of the molecule is FC(F)(F)Oc1ccc(NC2CCCCC2)c(Br)c1. The topological polar surface area (TPSA) is 21.3 Å². The second-order valence-corrected chi connectivity index (χ2v) is 5.52. The van der Waals surface area contributed by atoms with Crippen LogP contribution in [-0.4, -0.2) is 12.4 Å². The quantitative estimate of drug-likeness (QED) is 0.829. The Morgan fingerprint density at radius 1 is 1.16 bits per heavy atom. The van der Waals surface area contributed by atoms with Crippen LogP contribution in [0.2, 0.25) is 0 Å². The number of halogens is 4. The van der Waals surface area contributed by atoms with Gasteiger partial charge in [-0.25, -0.2) is 0 Å². The maximum atomic E-state index is 12.1. The lowest BCUT2D eigenvalue weighted by molar-refractivity contribution is -0.274. The first-order valence-corrected chi connectivity index (χ1v) is 7.05. The average Bonchev–Trinajstić information content (AvgIpc) is 2.32. The molecular formula is C13H15BrF3NO. The molecule has 1 aliphatic carbocycles. The second kappa shape index (κ2) is 6.03. The van der Waals surface area contributed by atoms with Gasteiger partial charge in [0, 0.05) is 16.2 Å². The van der Waals surface area contributed by atoms with E-state index >= 15 is 0 Å². The van der Waals surface area contributed by atoms with Crippen molar-refractivity contribution in [2.75, 3.05) is 5.32 Å². The van der Waals surface area contributed by atoms with Gasteiger partial charge in [0.05, 0.1) is 0 Å². The molecule has 2 nitrogen and oxygen atoms in total. The second-order valence-electron chi connectivity index (χ2n) is 4.67. The van der Waals surface area contributed by atoms with Crippen LogP contribution in [0.1, 0.15) is 32.1 Å². The number of nitrogens with one attached hydrogen (secondary N) is 1. The molecular weight excluding hydrogens is 323 g/mol. The highest BCUT2D eigenvalue weighted by Crippen LogP contribution is 2.32. The zero-order valence-corrected chi connectivity index (χ0v) is 11.9. The molecule has 0 unspecified atom stereocenters. The summed E-state index contributed by atoms with van der Waals surface area (Å²) in [5.74, 6) is -0.214. The van der Waals surface area contributed by atoms with Crippen LogP contribution in [0.4, 0.5) is 18.9 Å². The summed E-state index contributed by atoms with van der Waals surface area (Å²) >= 11 is 3.27. The standard InChI is InChI=1S/C13H15BrF3NO/c14-11-8-10(19-13(15,16)17)6-7-12(11)18-9-4-2-1-3-5-9/h6-9,18H,1-5H2. The van der Waals surface area contributed by atoms with Crippen LogP contribution < -0.4 is 10.1 Å². The predicted octanol–water partition coefficient (Wildman–Crippen LogP) is 5.09. The minimum atomic E-state index is -4.66. The molecule has 1 N–H and O–H groups in total. The van der Waals surface area contributed by atoms with Crippen molar-refractivity contribution >= 4 is 21.6 Å². The molecule has 0 aliphatic heterocycles. The van der Waals surface area contributed by atoms with E-state index in [1.807, 2.05) is 0 Å². The van der Waals surface area contributed by atoms with Crippen LogP contribution in [0, 0.1) is 0 Å². The van der Waals surface area contributed by atoms with E-state index in [1.54, 1.807) is 6.07 Å². The highest BCUT2D eigenvalue weighted by molar-refractivity contribution is 9.10. The van der Waals surface area contributed by atoms with Crippen LogP contribution in [-0.2, 0) is 0 Å². The Kier molecular flexibility index (Phi) is 4.60. The number of rotatable bonds is 3. The van der Waals surface area contributed by atoms with E-state index in [2.05, 4.69) is 26.0 Å². The Morgan fingerprint density at radius 2 is 1.84 bits per heavy atom. The molecule has 1 aromatic rings. The smallest absolute Gasteiger partial charge is 0.406 e. The summed E-state index contributed by atoms with van der Waals surface area (Å²) in [5, 5.41) is 3.36. The van der Waals surface area contributed by atoms with E-state index in [0.29, 0.717) is 10.5 Å². The number of anilines is 1. The molecule has 1 fully saturated rings. The summed E-state index contributed by atoms with van der Waals surface area (Å²) in [5.41, 5.74) is 0.807. The fourth-order valence-electron chi connectivity index (χ4n) is 2.28. The van der Waals surface area contributed by atoms with Gasteiger partial charge in [0.25, 0.3) is 0 Å². The molecule has 19 heavy (non-hydrogen) atoms. The number of hydrogen-bond donors (Lipinski definition) is 1. The fourth-order valence-corrected chi connectivity index (χ4v) is 2.75. The third kappa shape index (κ3) is 4.60. The Hall–Kier alpha value is -0.910. The van der Waals surface area contributed by atoms with Crippen LogP contribution >= 0.6 is 15.9 Å². The summed E-state index contributed by atoms with van der Waals surface area (Å²) < 4.78 is 40.7. The number of ether oxygens (including phenoxy) is 1. The van der Waals surface area contributed by atoms with Crippen molar-refractivity contribution in [2.45, 2.75) is 44.5 Å². The van der Waals surface area contributed by atoms with Gasteiger partial charge >= 0.3 is 6.36 Å². The Labute approximate surface area is 118 Å². The Morgan fingerprint density at radius 3 is 2.42 bits per heavy atom. The van der Waals surface area contributed by atoms with Crippen molar-refractivity contribution in [1.29, 1.82) is 0 Å². The van der Waals surface area contributed by atoms with Gasteiger partial charge in [-0.1, -0.05) is 19.3 Å². The van der Waals surface area contributed by atoms with Crippen molar-refractivity contribution < 1.29 is 17.9 Å². The lowest BCUT2D eigenvalue weighted by atomic mass is 9.95. The van der Waals surface area contributed by atoms with E-state index in [0.717, 1.165) is 18.5 Å². The minimum Gasteiger partial charge on any atom is -0.406 e.